The van der Waals surface area contributed by atoms with Gasteiger partial charge < -0.3 is 4.90 Å². The molecule has 0 radical (unpaired) electrons. The molecule has 4 nitrogen and oxygen atoms in total. The molecule has 4 rings (SSSR count). The summed E-state index contributed by atoms with van der Waals surface area (Å²) < 4.78 is 27.1. The van der Waals surface area contributed by atoms with Crippen LogP contribution in [0.2, 0.25) is 0 Å². The van der Waals surface area contributed by atoms with Crippen LogP contribution in [0, 0.1) is 0 Å². The third kappa shape index (κ3) is 4.21. The van der Waals surface area contributed by atoms with Gasteiger partial charge in [-0.05, 0) is 16.3 Å². The molecule has 0 spiro atoms. The van der Waals surface area contributed by atoms with Crippen LogP contribution in [-0.2, 0) is 22.3 Å². The number of hydrogen-bond acceptors (Lipinski definition) is 2. The molecule has 1 N–H and O–H groups in total. The van der Waals surface area contributed by atoms with E-state index < -0.39 is 10.0 Å². The van der Waals surface area contributed by atoms with Crippen molar-refractivity contribution in [3.8, 4) is 0 Å². The lowest BCUT2D eigenvalue weighted by molar-refractivity contribution is -0.917. The quantitative estimate of drug-likeness (QED) is 0.735. The normalized spacial score (nSPS) is 16.6. The van der Waals surface area contributed by atoms with Crippen LogP contribution in [0.5, 0.6) is 0 Å². The van der Waals surface area contributed by atoms with Crippen LogP contribution in [0.15, 0.2) is 72.8 Å². The number of benzene rings is 3. The minimum atomic E-state index is -3.25. The summed E-state index contributed by atoms with van der Waals surface area (Å²) in [4.78, 5) is 1.44. The summed E-state index contributed by atoms with van der Waals surface area (Å²) in [5.41, 5.74) is 2.19. The average Bonchev–Trinajstić information content (AvgIpc) is 2.69. The summed E-state index contributed by atoms with van der Waals surface area (Å²) in [5.74, 6) is 0.0898. The predicted molar refractivity (Wildman–Crippen MR) is 109 cm³/mol. The maximum atomic E-state index is 12.7. The summed E-state index contributed by atoms with van der Waals surface area (Å²) in [5, 5.41) is 2.56. The number of hydrogen-bond donors (Lipinski definition) is 1. The number of nitrogens with one attached hydrogen (secondary N) is 1. The maximum absolute atomic E-state index is 12.7. The third-order valence-electron chi connectivity index (χ3n) is 5.34. The molecule has 27 heavy (non-hydrogen) atoms. The fourth-order valence-corrected chi connectivity index (χ4v) is 5.38. The number of sulfonamides is 1. The molecular formula is C22H25N2O2S+. The Kier molecular flexibility index (Phi) is 5.25. The lowest BCUT2D eigenvalue weighted by Crippen LogP contribution is -3.13. The highest BCUT2D eigenvalue weighted by atomic mass is 32.2. The van der Waals surface area contributed by atoms with Gasteiger partial charge >= 0.3 is 0 Å². The van der Waals surface area contributed by atoms with Crippen molar-refractivity contribution in [2.24, 2.45) is 0 Å². The van der Waals surface area contributed by atoms with Gasteiger partial charge in [-0.3, -0.25) is 0 Å². The molecule has 0 bridgehead atoms. The van der Waals surface area contributed by atoms with Crippen molar-refractivity contribution >= 4 is 20.8 Å². The van der Waals surface area contributed by atoms with Gasteiger partial charge in [0.2, 0.25) is 10.0 Å². The van der Waals surface area contributed by atoms with Crippen LogP contribution >= 0.6 is 0 Å². The Hall–Kier alpha value is -2.21. The molecule has 1 saturated heterocycles. The Bertz CT molecular complexity index is 1010. The van der Waals surface area contributed by atoms with E-state index in [0.717, 1.165) is 25.2 Å². The molecule has 3 aromatic rings. The van der Waals surface area contributed by atoms with Crippen LogP contribution in [0.25, 0.3) is 10.8 Å². The van der Waals surface area contributed by atoms with E-state index in [1.165, 1.54) is 21.2 Å². The van der Waals surface area contributed by atoms with Crippen molar-refractivity contribution in [1.29, 1.82) is 0 Å². The monoisotopic (exact) mass is 381 g/mol. The molecule has 1 aliphatic heterocycles. The number of piperazine rings is 1. The second kappa shape index (κ2) is 7.80. The van der Waals surface area contributed by atoms with Crippen molar-refractivity contribution in [2.45, 2.75) is 12.3 Å². The zero-order valence-electron chi connectivity index (χ0n) is 15.3. The van der Waals surface area contributed by atoms with Gasteiger partial charge in [-0.15, -0.1) is 0 Å². The molecular weight excluding hydrogens is 356 g/mol. The summed E-state index contributed by atoms with van der Waals surface area (Å²) in [6.45, 7) is 3.81. The first-order valence-electron chi connectivity index (χ1n) is 9.44. The molecule has 1 heterocycles. The van der Waals surface area contributed by atoms with Gasteiger partial charge in [0.25, 0.3) is 0 Å². The molecule has 0 amide bonds. The Morgan fingerprint density at radius 2 is 1.48 bits per heavy atom. The Morgan fingerprint density at radius 3 is 2.26 bits per heavy atom. The van der Waals surface area contributed by atoms with Crippen molar-refractivity contribution in [3.63, 3.8) is 0 Å². The Labute approximate surface area is 161 Å². The highest BCUT2D eigenvalue weighted by molar-refractivity contribution is 7.88. The minimum Gasteiger partial charge on any atom is -0.329 e. The van der Waals surface area contributed by atoms with Gasteiger partial charge in [-0.25, -0.2) is 8.42 Å². The summed E-state index contributed by atoms with van der Waals surface area (Å²) in [7, 11) is -3.25. The van der Waals surface area contributed by atoms with E-state index in [2.05, 4.69) is 42.5 Å². The van der Waals surface area contributed by atoms with Crippen LogP contribution in [0.1, 0.15) is 11.1 Å². The maximum Gasteiger partial charge on any atom is 0.218 e. The third-order valence-corrected chi connectivity index (χ3v) is 7.19. The highest BCUT2D eigenvalue weighted by Crippen LogP contribution is 2.18. The van der Waals surface area contributed by atoms with Gasteiger partial charge in [0.15, 0.2) is 0 Å². The first-order chi connectivity index (χ1) is 13.1. The number of quaternary nitrogens is 1. The van der Waals surface area contributed by atoms with E-state index in [4.69, 9.17) is 0 Å². The van der Waals surface area contributed by atoms with Crippen molar-refractivity contribution in [1.82, 2.24) is 4.31 Å². The van der Waals surface area contributed by atoms with Gasteiger partial charge in [-0.2, -0.15) is 4.31 Å². The first kappa shape index (κ1) is 18.2. The van der Waals surface area contributed by atoms with Gasteiger partial charge in [0.05, 0.1) is 31.9 Å². The van der Waals surface area contributed by atoms with E-state index in [9.17, 15) is 8.42 Å². The van der Waals surface area contributed by atoms with E-state index in [1.54, 1.807) is 4.31 Å². The lowest BCUT2D eigenvalue weighted by Gasteiger charge is -2.31. The van der Waals surface area contributed by atoms with Gasteiger partial charge in [0.1, 0.15) is 6.54 Å². The molecule has 1 aliphatic rings. The molecule has 5 heteroatoms. The summed E-state index contributed by atoms with van der Waals surface area (Å²) in [6.07, 6.45) is 0. The molecule has 1 fully saturated rings. The second-order valence-corrected chi connectivity index (χ2v) is 9.17. The second-order valence-electron chi connectivity index (χ2n) is 7.21. The van der Waals surface area contributed by atoms with Crippen LogP contribution in [0.4, 0.5) is 0 Å². The molecule has 3 aromatic carbocycles. The highest BCUT2D eigenvalue weighted by Gasteiger charge is 2.29. The Balaban J connectivity index is 1.40. The predicted octanol–water partition coefficient (Wildman–Crippen LogP) is 2.07. The van der Waals surface area contributed by atoms with Crippen molar-refractivity contribution in [3.05, 3.63) is 83.9 Å². The zero-order valence-corrected chi connectivity index (χ0v) is 16.2. The van der Waals surface area contributed by atoms with E-state index in [0.29, 0.717) is 13.1 Å². The fraction of sp³-hybridized carbons (Fsp3) is 0.273. The number of nitrogens with zero attached hydrogens (tertiary/aromatic N) is 1. The van der Waals surface area contributed by atoms with Gasteiger partial charge in [-0.1, -0.05) is 72.8 Å². The topological polar surface area (TPSA) is 41.8 Å². The SMILES string of the molecule is O=S(=O)(Cc1ccccc1)N1CC[NH+](Cc2cccc3ccccc23)CC1. The zero-order chi connectivity index (χ0) is 18.7. The molecule has 0 unspecified atom stereocenters. The number of fused-ring (bicyclic) bond motifs is 1. The molecule has 0 atom stereocenters. The van der Waals surface area contributed by atoms with Crippen molar-refractivity contribution in [2.75, 3.05) is 26.2 Å². The lowest BCUT2D eigenvalue weighted by atomic mass is 10.0. The summed E-state index contributed by atoms with van der Waals surface area (Å²) in [6, 6.07) is 24.3. The van der Waals surface area contributed by atoms with Crippen LogP contribution in [-0.4, -0.2) is 38.9 Å². The number of rotatable bonds is 5. The smallest absolute Gasteiger partial charge is 0.218 e. The van der Waals surface area contributed by atoms with Crippen LogP contribution < -0.4 is 4.90 Å². The van der Waals surface area contributed by atoms with Crippen molar-refractivity contribution < 1.29 is 13.3 Å². The molecule has 0 aromatic heterocycles. The first-order valence-corrected chi connectivity index (χ1v) is 11.0. The molecule has 0 saturated carbocycles. The van der Waals surface area contributed by atoms with E-state index in [1.807, 2.05) is 30.3 Å². The molecule has 140 valence electrons. The standard InChI is InChI=1S/C22H24N2O2S/c25-27(26,18-19-7-2-1-3-8-19)24-15-13-23(14-16-24)17-21-11-6-10-20-9-4-5-12-22(20)21/h1-12H,13-18H2/p+1. The van der Waals surface area contributed by atoms with E-state index in [-0.39, 0.29) is 5.75 Å². The largest absolute Gasteiger partial charge is 0.329 e. The Morgan fingerprint density at radius 1 is 0.815 bits per heavy atom. The average molecular weight is 382 g/mol. The summed E-state index contributed by atoms with van der Waals surface area (Å²) >= 11 is 0. The fourth-order valence-electron chi connectivity index (χ4n) is 3.85. The van der Waals surface area contributed by atoms with Crippen LogP contribution in [0.3, 0.4) is 0 Å². The van der Waals surface area contributed by atoms with Gasteiger partial charge in [0, 0.05) is 5.56 Å². The minimum absolute atomic E-state index is 0.0898. The molecule has 0 aliphatic carbocycles. The van der Waals surface area contributed by atoms with E-state index >= 15 is 0 Å².